The van der Waals surface area contributed by atoms with Gasteiger partial charge in [-0.15, -0.1) is 0 Å². The van der Waals surface area contributed by atoms with Crippen molar-refractivity contribution in [3.05, 3.63) is 46.0 Å². The van der Waals surface area contributed by atoms with Gasteiger partial charge in [-0.2, -0.15) is 4.98 Å². The second-order valence-corrected chi connectivity index (χ2v) is 6.88. The maximum Gasteiger partial charge on any atom is 0.252 e. The van der Waals surface area contributed by atoms with E-state index in [1.807, 2.05) is 61.3 Å². The van der Waals surface area contributed by atoms with Gasteiger partial charge in [-0.1, -0.05) is 6.07 Å². The lowest BCUT2D eigenvalue weighted by Gasteiger charge is -2.19. The number of aromatic nitrogens is 4. The number of ether oxygens (including phenoxy) is 2. The van der Waals surface area contributed by atoms with Gasteiger partial charge in [0.05, 0.1) is 20.4 Å². The van der Waals surface area contributed by atoms with Crippen LogP contribution in [0.25, 0.3) is 5.78 Å². The van der Waals surface area contributed by atoms with E-state index in [2.05, 4.69) is 14.9 Å². The zero-order valence-electron chi connectivity index (χ0n) is 16.4. The van der Waals surface area contributed by atoms with Gasteiger partial charge in [0.15, 0.2) is 11.5 Å². The van der Waals surface area contributed by atoms with Crippen LogP contribution in [0, 0.1) is 18.6 Å². The minimum absolute atomic E-state index is 0.521. The largest absolute Gasteiger partial charge is 0.493 e. The highest BCUT2D eigenvalue weighted by Crippen LogP contribution is 2.28. The summed E-state index contributed by atoms with van der Waals surface area (Å²) >= 11 is 5.45. The van der Waals surface area contributed by atoms with Crippen molar-refractivity contribution in [1.29, 1.82) is 0 Å². The minimum atomic E-state index is 0.521. The Morgan fingerprint density at radius 1 is 1.15 bits per heavy atom. The number of rotatable bonds is 7. The predicted molar refractivity (Wildman–Crippen MR) is 107 cm³/mol. The Hall–Kier alpha value is -2.45. The van der Waals surface area contributed by atoms with Gasteiger partial charge >= 0.3 is 0 Å². The van der Waals surface area contributed by atoms with Gasteiger partial charge < -0.3 is 9.47 Å². The fourth-order valence-corrected chi connectivity index (χ4v) is 3.38. The van der Waals surface area contributed by atoms with Crippen LogP contribution in [0.5, 0.6) is 11.5 Å². The summed E-state index contributed by atoms with van der Waals surface area (Å²) in [5, 5.41) is 0. The van der Waals surface area contributed by atoms with Crippen molar-refractivity contribution in [2.45, 2.75) is 34.0 Å². The fraction of sp³-hybridized carbons (Fsp3) is 0.421. The molecule has 2 heterocycles. The lowest BCUT2D eigenvalue weighted by molar-refractivity contribution is 0.237. The number of fused-ring (bicyclic) bond motifs is 1. The van der Waals surface area contributed by atoms with E-state index >= 15 is 0 Å². The molecular weight excluding hydrogens is 362 g/mol. The molecule has 8 heteroatoms. The van der Waals surface area contributed by atoms with Crippen molar-refractivity contribution in [2.75, 3.05) is 20.8 Å². The summed E-state index contributed by atoms with van der Waals surface area (Å²) in [5.74, 6) is 2.13. The molecule has 144 valence electrons. The van der Waals surface area contributed by atoms with Gasteiger partial charge in [0.25, 0.3) is 5.78 Å². The first-order valence-electron chi connectivity index (χ1n) is 8.85. The van der Waals surface area contributed by atoms with E-state index in [0.717, 1.165) is 35.0 Å². The van der Waals surface area contributed by atoms with Crippen LogP contribution in [0.4, 0.5) is 0 Å². The van der Waals surface area contributed by atoms with E-state index in [0.29, 0.717) is 23.8 Å². The number of methoxy groups -OCH3 is 1. The standard InChI is InChI=1S/C19H25N5O2S/c1-6-26-16-8-7-15(10-17(16)25-5)11-22(4)12-23-19(27)21-18-20-13(2)9-14(3)24(18)23/h7-10H,6,11-12H2,1-5H3. The third kappa shape index (κ3) is 4.12. The summed E-state index contributed by atoms with van der Waals surface area (Å²) in [6.45, 7) is 7.89. The van der Waals surface area contributed by atoms with Crippen LogP contribution in [-0.2, 0) is 13.2 Å². The molecule has 27 heavy (non-hydrogen) atoms. The molecule has 2 aromatic heterocycles. The van der Waals surface area contributed by atoms with Crippen LogP contribution < -0.4 is 9.47 Å². The molecule has 0 aliphatic heterocycles. The molecular formula is C19H25N5O2S. The van der Waals surface area contributed by atoms with Gasteiger partial charge in [0, 0.05) is 17.9 Å². The number of hydrogen-bond acceptors (Lipinski definition) is 6. The zero-order chi connectivity index (χ0) is 19.6. The molecule has 3 aromatic rings. The number of benzene rings is 1. The maximum absolute atomic E-state index is 5.58. The SMILES string of the molecule is CCOc1ccc(CN(C)Cn2c(=S)nc3nc(C)cc(C)n32)cc1OC. The Morgan fingerprint density at radius 3 is 2.63 bits per heavy atom. The highest BCUT2D eigenvalue weighted by Gasteiger charge is 2.12. The molecule has 3 rings (SSSR count). The zero-order valence-corrected chi connectivity index (χ0v) is 17.2. The van der Waals surface area contributed by atoms with E-state index in [1.54, 1.807) is 7.11 Å². The normalized spacial score (nSPS) is 11.3. The number of aryl methyl sites for hydroxylation is 2. The molecule has 0 amide bonds. The predicted octanol–water partition coefficient (Wildman–Crippen LogP) is 3.37. The van der Waals surface area contributed by atoms with Gasteiger partial charge in [0.1, 0.15) is 0 Å². The third-order valence-electron chi connectivity index (χ3n) is 4.23. The monoisotopic (exact) mass is 387 g/mol. The Morgan fingerprint density at radius 2 is 1.93 bits per heavy atom. The van der Waals surface area contributed by atoms with Gasteiger partial charge in [-0.05, 0) is 63.8 Å². The minimum Gasteiger partial charge on any atom is -0.493 e. The van der Waals surface area contributed by atoms with E-state index in [1.165, 1.54) is 0 Å². The van der Waals surface area contributed by atoms with Crippen molar-refractivity contribution >= 4 is 18.0 Å². The van der Waals surface area contributed by atoms with Crippen LogP contribution in [-0.4, -0.2) is 44.8 Å². The third-order valence-corrected chi connectivity index (χ3v) is 4.53. The molecule has 0 saturated carbocycles. The lowest BCUT2D eigenvalue weighted by atomic mass is 10.2. The van der Waals surface area contributed by atoms with E-state index in [4.69, 9.17) is 21.7 Å². The number of nitrogens with zero attached hydrogens (tertiary/aromatic N) is 5. The summed E-state index contributed by atoms with van der Waals surface area (Å²) < 4.78 is 15.5. The average molecular weight is 388 g/mol. The van der Waals surface area contributed by atoms with Crippen molar-refractivity contribution in [1.82, 2.24) is 24.1 Å². The molecule has 1 aromatic carbocycles. The van der Waals surface area contributed by atoms with Gasteiger partial charge in [-0.25, -0.2) is 14.2 Å². The molecule has 0 saturated heterocycles. The van der Waals surface area contributed by atoms with Gasteiger partial charge in [0.2, 0.25) is 4.77 Å². The molecule has 7 nitrogen and oxygen atoms in total. The first-order valence-corrected chi connectivity index (χ1v) is 9.25. The Bertz CT molecular complexity index is 1010. The molecule has 0 spiro atoms. The molecule has 0 bridgehead atoms. The van der Waals surface area contributed by atoms with Crippen molar-refractivity contribution < 1.29 is 9.47 Å². The topological polar surface area (TPSA) is 56.8 Å². The smallest absolute Gasteiger partial charge is 0.252 e. The Kier molecular flexibility index (Phi) is 5.76. The molecule has 0 aliphatic carbocycles. The summed E-state index contributed by atoms with van der Waals surface area (Å²) in [5.41, 5.74) is 3.11. The summed E-state index contributed by atoms with van der Waals surface area (Å²) in [6.07, 6.45) is 0. The summed E-state index contributed by atoms with van der Waals surface area (Å²) in [6, 6.07) is 8.03. The second-order valence-electron chi connectivity index (χ2n) is 6.52. The quantitative estimate of drug-likeness (QED) is 0.580. The molecule has 0 aliphatic rings. The van der Waals surface area contributed by atoms with E-state index in [9.17, 15) is 0 Å². The van der Waals surface area contributed by atoms with Gasteiger partial charge in [-0.3, -0.25) is 4.90 Å². The molecule has 0 N–H and O–H groups in total. The highest BCUT2D eigenvalue weighted by atomic mass is 32.1. The number of hydrogen-bond donors (Lipinski definition) is 0. The van der Waals surface area contributed by atoms with E-state index in [-0.39, 0.29) is 0 Å². The fourth-order valence-electron chi connectivity index (χ4n) is 3.16. The van der Waals surface area contributed by atoms with Crippen molar-refractivity contribution in [3.63, 3.8) is 0 Å². The van der Waals surface area contributed by atoms with Crippen LogP contribution in [0.15, 0.2) is 24.3 Å². The Balaban J connectivity index is 1.82. The maximum atomic E-state index is 5.58. The van der Waals surface area contributed by atoms with Crippen LogP contribution in [0.1, 0.15) is 23.9 Å². The van der Waals surface area contributed by atoms with Crippen LogP contribution in [0.2, 0.25) is 0 Å². The lowest BCUT2D eigenvalue weighted by Crippen LogP contribution is -2.24. The molecule has 0 radical (unpaired) electrons. The average Bonchev–Trinajstić information content (AvgIpc) is 2.91. The molecule has 0 atom stereocenters. The summed E-state index contributed by atoms with van der Waals surface area (Å²) in [4.78, 5) is 11.1. The van der Waals surface area contributed by atoms with Crippen LogP contribution >= 0.6 is 12.2 Å². The summed E-state index contributed by atoms with van der Waals surface area (Å²) in [7, 11) is 3.70. The van der Waals surface area contributed by atoms with Crippen LogP contribution in [0.3, 0.4) is 0 Å². The van der Waals surface area contributed by atoms with Crippen molar-refractivity contribution in [2.24, 2.45) is 0 Å². The molecule has 0 unspecified atom stereocenters. The van der Waals surface area contributed by atoms with Crippen molar-refractivity contribution in [3.8, 4) is 11.5 Å². The molecule has 0 fully saturated rings. The van der Waals surface area contributed by atoms with E-state index < -0.39 is 0 Å². The second kappa shape index (κ2) is 8.06. The Labute approximate surface area is 164 Å². The highest BCUT2D eigenvalue weighted by molar-refractivity contribution is 7.71. The first-order chi connectivity index (χ1) is 12.9. The first kappa shape index (κ1) is 19.3.